The molecule has 3 aromatic heterocycles. The molecule has 0 aliphatic rings. The Kier molecular flexibility index (Phi) is 5.97. The Bertz CT molecular complexity index is 1450. The normalized spacial score (nSPS) is 10.6. The summed E-state index contributed by atoms with van der Waals surface area (Å²) in [7, 11) is 2.98. The van der Waals surface area contributed by atoms with E-state index >= 15 is 0 Å². The SMILES string of the molecule is COC(=O)Nc1ccc(-c2cnc3c(C)cc(N(C)C(=O)c4cc(C#N)ccc4C)cn23)cn1. The number of hydrogen-bond acceptors (Lipinski definition) is 6. The summed E-state index contributed by atoms with van der Waals surface area (Å²) in [4.78, 5) is 35.0. The second-order valence-electron chi connectivity index (χ2n) is 7.77. The molecular weight excluding hydrogens is 432 g/mol. The molecule has 0 saturated carbocycles. The molecule has 3 heterocycles. The van der Waals surface area contributed by atoms with E-state index in [4.69, 9.17) is 0 Å². The number of rotatable bonds is 4. The van der Waals surface area contributed by atoms with Crippen LogP contribution in [0.5, 0.6) is 0 Å². The van der Waals surface area contributed by atoms with E-state index in [1.807, 2.05) is 36.6 Å². The van der Waals surface area contributed by atoms with Gasteiger partial charge in [0.1, 0.15) is 11.5 Å². The number of amides is 2. The molecule has 170 valence electrons. The van der Waals surface area contributed by atoms with Crippen LogP contribution >= 0.6 is 0 Å². The summed E-state index contributed by atoms with van der Waals surface area (Å²) in [5, 5.41) is 11.7. The summed E-state index contributed by atoms with van der Waals surface area (Å²) in [6, 6.07) is 12.5. The van der Waals surface area contributed by atoms with Crippen molar-refractivity contribution in [3.8, 4) is 17.3 Å². The smallest absolute Gasteiger partial charge is 0.412 e. The van der Waals surface area contributed by atoms with Gasteiger partial charge >= 0.3 is 6.09 Å². The molecule has 0 radical (unpaired) electrons. The Labute approximate surface area is 196 Å². The highest BCUT2D eigenvalue weighted by Crippen LogP contribution is 2.27. The molecule has 34 heavy (non-hydrogen) atoms. The number of aromatic nitrogens is 3. The number of imidazole rings is 1. The minimum Gasteiger partial charge on any atom is -0.453 e. The minimum absolute atomic E-state index is 0.213. The number of anilines is 2. The van der Waals surface area contributed by atoms with Gasteiger partial charge in [0.15, 0.2) is 0 Å². The average molecular weight is 454 g/mol. The van der Waals surface area contributed by atoms with Gasteiger partial charge in [0.05, 0.1) is 36.3 Å². The number of carbonyl (C=O) groups excluding carboxylic acids is 2. The lowest BCUT2D eigenvalue weighted by Crippen LogP contribution is -2.27. The monoisotopic (exact) mass is 454 g/mol. The molecule has 9 nitrogen and oxygen atoms in total. The van der Waals surface area contributed by atoms with E-state index in [-0.39, 0.29) is 5.91 Å². The molecule has 1 N–H and O–H groups in total. The minimum atomic E-state index is -0.599. The summed E-state index contributed by atoms with van der Waals surface area (Å²) < 4.78 is 6.48. The van der Waals surface area contributed by atoms with Crippen molar-refractivity contribution >= 4 is 29.2 Å². The Morgan fingerprint density at radius 1 is 1.09 bits per heavy atom. The molecule has 0 fully saturated rings. The van der Waals surface area contributed by atoms with Crippen molar-refractivity contribution in [1.82, 2.24) is 14.4 Å². The van der Waals surface area contributed by atoms with Gasteiger partial charge in [-0.15, -0.1) is 0 Å². The summed E-state index contributed by atoms with van der Waals surface area (Å²) in [6.07, 6.45) is 4.60. The summed E-state index contributed by atoms with van der Waals surface area (Å²) in [5.41, 5.74) is 5.58. The zero-order chi connectivity index (χ0) is 24.4. The van der Waals surface area contributed by atoms with E-state index in [0.29, 0.717) is 22.6 Å². The lowest BCUT2D eigenvalue weighted by molar-refractivity contribution is 0.0992. The maximum atomic E-state index is 13.3. The molecule has 1 aromatic carbocycles. The van der Waals surface area contributed by atoms with E-state index in [9.17, 15) is 14.9 Å². The van der Waals surface area contributed by atoms with Gasteiger partial charge in [0.25, 0.3) is 5.91 Å². The Balaban J connectivity index is 1.71. The third-order valence-electron chi connectivity index (χ3n) is 5.54. The van der Waals surface area contributed by atoms with Gasteiger partial charge in [-0.05, 0) is 55.3 Å². The van der Waals surface area contributed by atoms with E-state index in [2.05, 4.69) is 26.1 Å². The van der Waals surface area contributed by atoms with Crippen molar-refractivity contribution in [3.63, 3.8) is 0 Å². The largest absolute Gasteiger partial charge is 0.453 e. The highest BCUT2D eigenvalue weighted by atomic mass is 16.5. The first-order chi connectivity index (χ1) is 16.3. The van der Waals surface area contributed by atoms with Gasteiger partial charge in [-0.2, -0.15) is 5.26 Å². The molecule has 0 bridgehead atoms. The third-order valence-corrected chi connectivity index (χ3v) is 5.54. The molecule has 0 unspecified atom stereocenters. The third kappa shape index (κ3) is 4.17. The molecule has 4 aromatic rings. The summed E-state index contributed by atoms with van der Waals surface area (Å²) >= 11 is 0. The molecule has 0 saturated heterocycles. The zero-order valence-corrected chi connectivity index (χ0v) is 19.2. The number of fused-ring (bicyclic) bond motifs is 1. The van der Waals surface area contributed by atoms with Crippen LogP contribution in [-0.4, -0.2) is 40.5 Å². The van der Waals surface area contributed by atoms with Crippen LogP contribution in [0.3, 0.4) is 0 Å². The number of pyridine rings is 2. The van der Waals surface area contributed by atoms with E-state index in [0.717, 1.165) is 28.0 Å². The summed E-state index contributed by atoms with van der Waals surface area (Å²) in [6.45, 7) is 3.77. The maximum absolute atomic E-state index is 13.3. The predicted octanol–water partition coefficient (Wildman–Crippen LogP) is 4.34. The van der Waals surface area contributed by atoms with Crippen LogP contribution in [0, 0.1) is 25.2 Å². The number of aryl methyl sites for hydroxylation is 2. The Hall–Kier alpha value is -4.71. The van der Waals surface area contributed by atoms with E-state index in [1.165, 1.54) is 7.11 Å². The van der Waals surface area contributed by atoms with Crippen molar-refractivity contribution in [3.05, 3.63) is 77.2 Å². The van der Waals surface area contributed by atoms with Crippen LogP contribution in [0.2, 0.25) is 0 Å². The van der Waals surface area contributed by atoms with Gasteiger partial charge in [-0.25, -0.2) is 14.8 Å². The molecular formula is C25H22N6O3. The second kappa shape index (κ2) is 9.03. The topological polar surface area (TPSA) is 113 Å². The van der Waals surface area contributed by atoms with Crippen molar-refractivity contribution < 1.29 is 14.3 Å². The van der Waals surface area contributed by atoms with Crippen molar-refractivity contribution in [2.45, 2.75) is 13.8 Å². The average Bonchev–Trinajstić information content (AvgIpc) is 3.28. The fourth-order valence-electron chi connectivity index (χ4n) is 3.63. The van der Waals surface area contributed by atoms with Crippen LogP contribution < -0.4 is 10.2 Å². The van der Waals surface area contributed by atoms with Crippen LogP contribution in [0.1, 0.15) is 27.0 Å². The Morgan fingerprint density at radius 2 is 1.88 bits per heavy atom. The standard InChI is InChI=1S/C25H22N6O3/c1-15-5-6-17(11-26)10-20(15)24(32)30(3)19-9-16(2)23-28-13-21(31(23)14-19)18-7-8-22(27-12-18)29-25(33)34-4/h5-10,12-14H,1-4H3,(H,27,29,33). The molecule has 4 rings (SSSR count). The van der Waals surface area contributed by atoms with Gasteiger partial charge in [0, 0.05) is 30.6 Å². The maximum Gasteiger partial charge on any atom is 0.412 e. The highest BCUT2D eigenvalue weighted by molar-refractivity contribution is 6.07. The van der Waals surface area contributed by atoms with Crippen LogP contribution in [0.4, 0.5) is 16.3 Å². The highest BCUT2D eigenvalue weighted by Gasteiger charge is 2.19. The van der Waals surface area contributed by atoms with Crippen LogP contribution in [0.25, 0.3) is 16.9 Å². The zero-order valence-electron chi connectivity index (χ0n) is 19.2. The first-order valence-electron chi connectivity index (χ1n) is 10.4. The van der Waals surface area contributed by atoms with Gasteiger partial charge < -0.3 is 9.64 Å². The van der Waals surface area contributed by atoms with Crippen molar-refractivity contribution in [1.29, 1.82) is 5.26 Å². The lowest BCUT2D eigenvalue weighted by atomic mass is 10.0. The molecule has 0 aliphatic carbocycles. The van der Waals surface area contributed by atoms with E-state index in [1.54, 1.807) is 48.6 Å². The predicted molar refractivity (Wildman–Crippen MR) is 128 cm³/mol. The van der Waals surface area contributed by atoms with Gasteiger partial charge in [0.2, 0.25) is 0 Å². The fourth-order valence-corrected chi connectivity index (χ4v) is 3.63. The van der Waals surface area contributed by atoms with Crippen molar-refractivity contribution in [2.24, 2.45) is 0 Å². The molecule has 0 spiro atoms. The second-order valence-corrected chi connectivity index (χ2v) is 7.77. The number of nitrogens with zero attached hydrogens (tertiary/aromatic N) is 5. The molecule has 0 atom stereocenters. The fraction of sp³-hybridized carbons (Fsp3) is 0.160. The number of nitrogens with one attached hydrogen (secondary N) is 1. The van der Waals surface area contributed by atoms with Crippen LogP contribution in [-0.2, 0) is 4.74 Å². The van der Waals surface area contributed by atoms with Gasteiger partial charge in [-0.3, -0.25) is 14.5 Å². The number of carbonyl (C=O) groups is 2. The van der Waals surface area contributed by atoms with E-state index < -0.39 is 6.09 Å². The first-order valence-corrected chi connectivity index (χ1v) is 10.4. The quantitative estimate of drug-likeness (QED) is 0.491. The molecule has 9 heteroatoms. The number of nitriles is 1. The molecule has 2 amide bonds. The number of ether oxygens (including phenoxy) is 1. The first kappa shape index (κ1) is 22.5. The number of hydrogen-bond donors (Lipinski definition) is 1. The Morgan fingerprint density at radius 3 is 2.56 bits per heavy atom. The molecule has 0 aliphatic heterocycles. The number of methoxy groups -OCH3 is 1. The summed E-state index contributed by atoms with van der Waals surface area (Å²) in [5.74, 6) is 0.150. The van der Waals surface area contributed by atoms with Crippen LogP contribution in [0.15, 0.2) is 55.0 Å². The number of benzene rings is 1. The lowest BCUT2D eigenvalue weighted by Gasteiger charge is -2.20. The van der Waals surface area contributed by atoms with Gasteiger partial charge in [-0.1, -0.05) is 6.07 Å². The van der Waals surface area contributed by atoms with Crippen molar-refractivity contribution in [2.75, 3.05) is 24.4 Å².